The molecule has 31 heavy (non-hydrogen) atoms. The van der Waals surface area contributed by atoms with Gasteiger partial charge in [0.2, 0.25) is 0 Å². The van der Waals surface area contributed by atoms with Crippen molar-refractivity contribution in [1.82, 2.24) is 10.3 Å². The Kier molecular flexibility index (Phi) is 5.77. The zero-order valence-corrected chi connectivity index (χ0v) is 18.3. The molecule has 2 heterocycles. The maximum absolute atomic E-state index is 13.2. The van der Waals surface area contributed by atoms with Crippen LogP contribution in [0.4, 0.5) is 0 Å². The third-order valence-corrected chi connectivity index (χ3v) is 5.94. The van der Waals surface area contributed by atoms with Gasteiger partial charge in [-0.3, -0.25) is 9.78 Å². The van der Waals surface area contributed by atoms with Crippen molar-refractivity contribution in [3.05, 3.63) is 88.5 Å². The number of carbonyl (C=O) groups excluding carboxylic acids is 2. The molecule has 1 unspecified atom stereocenters. The van der Waals surface area contributed by atoms with Gasteiger partial charge in [-0.15, -0.1) is 0 Å². The van der Waals surface area contributed by atoms with E-state index in [0.29, 0.717) is 24.0 Å². The van der Waals surface area contributed by atoms with Crippen molar-refractivity contribution in [1.29, 1.82) is 0 Å². The third kappa shape index (κ3) is 4.46. The normalized spacial score (nSPS) is 20.2. The van der Waals surface area contributed by atoms with Crippen LogP contribution < -0.4 is 5.32 Å². The molecule has 5 nitrogen and oxygen atoms in total. The standard InChI is InChI=1S/C26H28N2O3/c1-17-22(25(30)31-13-11-18-8-5-4-6-9-18)23(19-10-7-12-27-16-19)24-20(28-17)14-26(2,3)15-21(24)29/h4-10,12,16,23,28H,11,13-15H2,1-3H3. The molecule has 160 valence electrons. The first-order valence-corrected chi connectivity index (χ1v) is 10.7. The third-order valence-electron chi connectivity index (χ3n) is 5.94. The van der Waals surface area contributed by atoms with E-state index in [9.17, 15) is 9.59 Å². The average Bonchev–Trinajstić information content (AvgIpc) is 2.73. The van der Waals surface area contributed by atoms with E-state index in [2.05, 4.69) is 24.1 Å². The molecule has 2 aromatic rings. The van der Waals surface area contributed by atoms with Gasteiger partial charge in [-0.25, -0.2) is 4.79 Å². The first-order valence-electron chi connectivity index (χ1n) is 10.7. The van der Waals surface area contributed by atoms with Gasteiger partial charge in [-0.1, -0.05) is 50.2 Å². The first-order chi connectivity index (χ1) is 14.9. The lowest BCUT2D eigenvalue weighted by Crippen LogP contribution is -2.38. The highest BCUT2D eigenvalue weighted by molar-refractivity contribution is 6.04. The fourth-order valence-corrected chi connectivity index (χ4v) is 4.57. The zero-order valence-electron chi connectivity index (χ0n) is 18.3. The van der Waals surface area contributed by atoms with Crippen LogP contribution in [-0.2, 0) is 20.7 Å². The zero-order chi connectivity index (χ0) is 22.0. The van der Waals surface area contributed by atoms with Crippen molar-refractivity contribution in [3.8, 4) is 0 Å². The smallest absolute Gasteiger partial charge is 0.336 e. The van der Waals surface area contributed by atoms with Gasteiger partial charge < -0.3 is 10.1 Å². The molecule has 0 saturated heterocycles. The Morgan fingerprint density at radius 1 is 1.16 bits per heavy atom. The molecule has 4 rings (SSSR count). The second-order valence-corrected chi connectivity index (χ2v) is 9.09. The number of hydrogen-bond donors (Lipinski definition) is 1. The van der Waals surface area contributed by atoms with Crippen LogP contribution in [0.15, 0.2) is 77.4 Å². The van der Waals surface area contributed by atoms with E-state index in [1.807, 2.05) is 49.4 Å². The highest BCUT2D eigenvalue weighted by atomic mass is 16.5. The van der Waals surface area contributed by atoms with Crippen molar-refractivity contribution in [2.45, 2.75) is 46.0 Å². The maximum Gasteiger partial charge on any atom is 0.336 e. The molecule has 1 aromatic carbocycles. The minimum absolute atomic E-state index is 0.0784. The molecule has 2 aliphatic rings. The van der Waals surface area contributed by atoms with Crippen molar-refractivity contribution in [3.63, 3.8) is 0 Å². The highest BCUT2D eigenvalue weighted by Gasteiger charge is 2.43. The van der Waals surface area contributed by atoms with E-state index in [-0.39, 0.29) is 23.8 Å². The van der Waals surface area contributed by atoms with Gasteiger partial charge in [-0.2, -0.15) is 0 Å². The number of pyridine rings is 1. The SMILES string of the molecule is CC1=C(C(=O)OCCc2ccccc2)C(c2cccnc2)C2=C(CC(C)(C)CC2=O)N1. The summed E-state index contributed by atoms with van der Waals surface area (Å²) in [6.07, 6.45) is 5.29. The van der Waals surface area contributed by atoms with Crippen molar-refractivity contribution < 1.29 is 14.3 Å². The van der Waals surface area contributed by atoms with Gasteiger partial charge in [0.1, 0.15) is 0 Å². The van der Waals surface area contributed by atoms with Gasteiger partial charge in [0.25, 0.3) is 0 Å². The molecule has 1 aliphatic heterocycles. The number of dihydropyridines is 1. The predicted molar refractivity (Wildman–Crippen MR) is 119 cm³/mol. The number of hydrogen-bond acceptors (Lipinski definition) is 5. The summed E-state index contributed by atoms with van der Waals surface area (Å²) in [4.78, 5) is 30.7. The number of rotatable bonds is 5. The molecule has 0 saturated carbocycles. The summed E-state index contributed by atoms with van der Waals surface area (Å²) in [6.45, 7) is 6.36. The van der Waals surface area contributed by atoms with Crippen molar-refractivity contribution in [2.75, 3.05) is 6.61 Å². The van der Waals surface area contributed by atoms with Crippen LogP contribution in [0, 0.1) is 5.41 Å². The van der Waals surface area contributed by atoms with Gasteiger partial charge >= 0.3 is 5.97 Å². The molecule has 1 atom stereocenters. The minimum Gasteiger partial charge on any atom is -0.462 e. The number of Topliss-reactive ketones (excluding diaryl/α,β-unsaturated/α-hetero) is 1. The predicted octanol–water partition coefficient (Wildman–Crippen LogP) is 4.47. The van der Waals surface area contributed by atoms with Crippen LogP contribution in [-0.4, -0.2) is 23.3 Å². The van der Waals surface area contributed by atoms with Gasteiger partial charge in [-0.05, 0) is 36.0 Å². The molecular formula is C26H28N2O3. The highest BCUT2D eigenvalue weighted by Crippen LogP contribution is 2.46. The number of ether oxygens (including phenoxy) is 1. The van der Waals surface area contributed by atoms with Gasteiger partial charge in [0.15, 0.2) is 5.78 Å². The molecule has 0 fully saturated rings. The van der Waals surface area contributed by atoms with Crippen LogP contribution in [0.3, 0.4) is 0 Å². The van der Waals surface area contributed by atoms with E-state index in [0.717, 1.165) is 28.9 Å². The average molecular weight is 417 g/mol. The van der Waals surface area contributed by atoms with Crippen LogP contribution in [0.25, 0.3) is 0 Å². The molecule has 0 bridgehead atoms. The fraction of sp³-hybridized carbons (Fsp3) is 0.346. The number of nitrogens with zero attached hydrogens (tertiary/aromatic N) is 1. The Bertz CT molecular complexity index is 1050. The number of benzene rings is 1. The van der Waals surface area contributed by atoms with E-state index in [4.69, 9.17) is 4.74 Å². The summed E-state index contributed by atoms with van der Waals surface area (Å²) in [5.74, 6) is -0.772. The summed E-state index contributed by atoms with van der Waals surface area (Å²) in [5.41, 5.74) is 4.65. The molecule has 0 amide bonds. The van der Waals surface area contributed by atoms with E-state index >= 15 is 0 Å². The Labute approximate surface area is 183 Å². The van der Waals surface area contributed by atoms with Gasteiger partial charge in [0.05, 0.1) is 12.2 Å². The number of allylic oxidation sites excluding steroid dienone is 3. The van der Waals surface area contributed by atoms with Crippen molar-refractivity contribution >= 4 is 11.8 Å². The lowest BCUT2D eigenvalue weighted by Gasteiger charge is -2.39. The minimum atomic E-state index is -0.460. The van der Waals surface area contributed by atoms with E-state index in [1.165, 1.54) is 0 Å². The largest absolute Gasteiger partial charge is 0.462 e. The quantitative estimate of drug-likeness (QED) is 0.729. The van der Waals surface area contributed by atoms with E-state index < -0.39 is 5.92 Å². The van der Waals surface area contributed by atoms with Crippen LogP contribution in [0.1, 0.15) is 50.7 Å². The topological polar surface area (TPSA) is 68.3 Å². The second kappa shape index (κ2) is 8.50. The first kappa shape index (κ1) is 21.0. The van der Waals surface area contributed by atoms with Crippen molar-refractivity contribution in [2.24, 2.45) is 5.41 Å². The Balaban J connectivity index is 1.64. The summed E-state index contributed by atoms with van der Waals surface area (Å²) in [7, 11) is 0. The van der Waals surface area contributed by atoms with Gasteiger partial charge in [0, 0.05) is 48.1 Å². The Hall–Kier alpha value is -3.21. The number of aromatic nitrogens is 1. The Morgan fingerprint density at radius 2 is 1.94 bits per heavy atom. The second-order valence-electron chi connectivity index (χ2n) is 9.09. The number of esters is 1. The molecule has 1 aromatic heterocycles. The number of nitrogens with one attached hydrogen (secondary N) is 1. The molecular weight excluding hydrogens is 388 g/mol. The fourth-order valence-electron chi connectivity index (χ4n) is 4.57. The molecule has 0 radical (unpaired) electrons. The molecule has 1 aliphatic carbocycles. The van der Waals surface area contributed by atoms with Crippen LogP contribution in [0.2, 0.25) is 0 Å². The summed E-state index contributed by atoms with van der Waals surface area (Å²) >= 11 is 0. The summed E-state index contributed by atoms with van der Waals surface area (Å²) in [6, 6.07) is 13.7. The maximum atomic E-state index is 13.2. The molecule has 0 spiro atoms. The van der Waals surface area contributed by atoms with Crippen LogP contribution >= 0.6 is 0 Å². The molecule has 1 N–H and O–H groups in total. The summed E-state index contributed by atoms with van der Waals surface area (Å²) in [5, 5.41) is 3.36. The number of carbonyl (C=O) groups is 2. The van der Waals surface area contributed by atoms with E-state index in [1.54, 1.807) is 12.4 Å². The lowest BCUT2D eigenvalue weighted by atomic mass is 9.69. The Morgan fingerprint density at radius 3 is 2.65 bits per heavy atom. The lowest BCUT2D eigenvalue weighted by molar-refractivity contribution is -0.139. The number of ketones is 1. The van der Waals surface area contributed by atoms with Crippen LogP contribution in [0.5, 0.6) is 0 Å². The summed E-state index contributed by atoms with van der Waals surface area (Å²) < 4.78 is 5.67. The molecule has 5 heteroatoms. The monoisotopic (exact) mass is 416 g/mol.